The van der Waals surface area contributed by atoms with Crippen LogP contribution in [0.3, 0.4) is 0 Å². The molecule has 0 aliphatic carbocycles. The van der Waals surface area contributed by atoms with Crippen LogP contribution in [-0.4, -0.2) is 44.9 Å². The molecular formula is C13H17ClN2O4S. The molecule has 1 aromatic carbocycles. The van der Waals surface area contributed by atoms with Gasteiger partial charge in [-0.15, -0.1) is 0 Å². The molecule has 0 aromatic heterocycles. The summed E-state index contributed by atoms with van der Waals surface area (Å²) in [6, 6.07) is 2.95. The number of morpholine rings is 1. The first-order valence-corrected chi connectivity index (χ1v) is 8.30. The molecule has 8 heteroatoms. The van der Waals surface area contributed by atoms with Crippen molar-refractivity contribution in [3.63, 3.8) is 0 Å². The molecule has 1 N–H and O–H groups in total. The summed E-state index contributed by atoms with van der Waals surface area (Å²) in [4.78, 5) is 11.3. The van der Waals surface area contributed by atoms with Crippen LogP contribution in [0.4, 0.5) is 5.69 Å². The van der Waals surface area contributed by atoms with Crippen molar-refractivity contribution in [3.05, 3.63) is 22.7 Å². The van der Waals surface area contributed by atoms with Crippen molar-refractivity contribution in [1.29, 1.82) is 0 Å². The minimum absolute atomic E-state index is 0.0569. The number of halogens is 1. The van der Waals surface area contributed by atoms with Crippen LogP contribution in [0.5, 0.6) is 0 Å². The van der Waals surface area contributed by atoms with Gasteiger partial charge in [0.15, 0.2) is 0 Å². The molecule has 1 amide bonds. The van der Waals surface area contributed by atoms with Crippen LogP contribution in [0.2, 0.25) is 5.02 Å². The van der Waals surface area contributed by atoms with Crippen molar-refractivity contribution in [3.8, 4) is 0 Å². The number of hydrogen-bond donors (Lipinski definition) is 1. The Labute approximate surface area is 129 Å². The largest absolute Gasteiger partial charge is 0.379 e. The minimum Gasteiger partial charge on any atom is -0.379 e. The highest BCUT2D eigenvalue weighted by molar-refractivity contribution is 7.89. The van der Waals surface area contributed by atoms with Crippen molar-refractivity contribution in [1.82, 2.24) is 4.31 Å². The Morgan fingerprint density at radius 1 is 1.33 bits per heavy atom. The first-order chi connectivity index (χ1) is 9.82. The van der Waals surface area contributed by atoms with Gasteiger partial charge in [0.1, 0.15) is 4.90 Å². The molecule has 116 valence electrons. The maximum absolute atomic E-state index is 12.7. The fourth-order valence-corrected chi connectivity index (χ4v) is 3.87. The molecule has 0 atom stereocenters. The van der Waals surface area contributed by atoms with E-state index < -0.39 is 10.0 Å². The fraction of sp³-hybridized carbons (Fsp3) is 0.462. The maximum Gasteiger partial charge on any atom is 0.245 e. The molecule has 0 bridgehead atoms. The van der Waals surface area contributed by atoms with Crippen molar-refractivity contribution in [2.45, 2.75) is 18.7 Å². The molecule has 1 aromatic rings. The molecule has 0 saturated carbocycles. The molecule has 1 saturated heterocycles. The molecule has 6 nitrogen and oxygen atoms in total. The molecule has 21 heavy (non-hydrogen) atoms. The summed E-state index contributed by atoms with van der Waals surface area (Å²) in [6.07, 6.45) is 0. The van der Waals surface area contributed by atoms with E-state index >= 15 is 0 Å². The summed E-state index contributed by atoms with van der Waals surface area (Å²) < 4.78 is 32.0. The molecule has 1 fully saturated rings. The summed E-state index contributed by atoms with van der Waals surface area (Å²) in [5.74, 6) is -0.353. The number of anilines is 1. The topological polar surface area (TPSA) is 75.7 Å². The van der Waals surface area contributed by atoms with Crippen LogP contribution in [0.1, 0.15) is 12.5 Å². The van der Waals surface area contributed by atoms with Gasteiger partial charge in [-0.3, -0.25) is 4.79 Å². The number of ether oxygens (including phenoxy) is 1. The third kappa shape index (κ3) is 3.55. The SMILES string of the molecule is CC(=O)Nc1cc(Cl)c(C)cc1S(=O)(=O)N1CCOCC1. The molecule has 0 spiro atoms. The van der Waals surface area contributed by atoms with Gasteiger partial charge in [-0.1, -0.05) is 11.6 Å². The number of benzene rings is 1. The molecule has 1 heterocycles. The zero-order valence-electron chi connectivity index (χ0n) is 11.8. The quantitative estimate of drug-likeness (QED) is 0.912. The van der Waals surface area contributed by atoms with E-state index in [1.807, 2.05) is 0 Å². The van der Waals surface area contributed by atoms with Gasteiger partial charge in [0.2, 0.25) is 15.9 Å². The van der Waals surface area contributed by atoms with E-state index in [0.717, 1.165) is 0 Å². The summed E-state index contributed by atoms with van der Waals surface area (Å²) >= 11 is 6.03. The number of rotatable bonds is 3. The maximum atomic E-state index is 12.7. The van der Waals surface area contributed by atoms with Gasteiger partial charge in [0.25, 0.3) is 0 Å². The number of aryl methyl sites for hydroxylation is 1. The highest BCUT2D eigenvalue weighted by Crippen LogP contribution is 2.31. The monoisotopic (exact) mass is 332 g/mol. The van der Waals surface area contributed by atoms with Gasteiger partial charge >= 0.3 is 0 Å². The molecular weight excluding hydrogens is 316 g/mol. The zero-order valence-corrected chi connectivity index (χ0v) is 13.4. The summed E-state index contributed by atoms with van der Waals surface area (Å²) in [5.41, 5.74) is 0.835. The molecule has 0 radical (unpaired) electrons. The fourth-order valence-electron chi connectivity index (χ4n) is 2.08. The van der Waals surface area contributed by atoms with Crippen molar-refractivity contribution in [2.75, 3.05) is 31.6 Å². The van der Waals surface area contributed by atoms with Gasteiger partial charge in [-0.2, -0.15) is 4.31 Å². The zero-order chi connectivity index (χ0) is 15.6. The first-order valence-electron chi connectivity index (χ1n) is 6.48. The first kappa shape index (κ1) is 16.2. The van der Waals surface area contributed by atoms with E-state index in [-0.39, 0.29) is 16.5 Å². The average molecular weight is 333 g/mol. The van der Waals surface area contributed by atoms with Crippen molar-refractivity contribution < 1.29 is 17.9 Å². The Bertz CT molecular complexity index is 654. The molecule has 0 unspecified atom stereocenters. The van der Waals surface area contributed by atoms with Gasteiger partial charge in [0, 0.05) is 25.0 Å². The lowest BCUT2D eigenvalue weighted by Gasteiger charge is -2.27. The van der Waals surface area contributed by atoms with E-state index in [1.54, 1.807) is 6.92 Å². The van der Waals surface area contributed by atoms with Crippen LogP contribution in [-0.2, 0) is 19.6 Å². The number of sulfonamides is 1. The third-order valence-corrected chi connectivity index (χ3v) is 5.51. The van der Waals surface area contributed by atoms with Crippen molar-refractivity contribution in [2.24, 2.45) is 0 Å². The van der Waals surface area contributed by atoms with Crippen LogP contribution >= 0.6 is 11.6 Å². The summed E-state index contributed by atoms with van der Waals surface area (Å²) in [6.45, 7) is 4.35. The van der Waals surface area contributed by atoms with Crippen LogP contribution in [0, 0.1) is 6.92 Å². The summed E-state index contributed by atoms with van der Waals surface area (Å²) in [5, 5.41) is 2.93. The lowest BCUT2D eigenvalue weighted by molar-refractivity contribution is -0.114. The van der Waals surface area contributed by atoms with Crippen LogP contribution in [0.15, 0.2) is 17.0 Å². The Hall–Kier alpha value is -1.15. The predicted octanol–water partition coefficient (Wildman–Crippen LogP) is 1.63. The Balaban J connectivity index is 2.49. The normalized spacial score (nSPS) is 16.7. The van der Waals surface area contributed by atoms with Gasteiger partial charge < -0.3 is 10.1 Å². The summed E-state index contributed by atoms with van der Waals surface area (Å²) in [7, 11) is -3.70. The number of amides is 1. The Morgan fingerprint density at radius 3 is 2.52 bits per heavy atom. The van der Waals surface area contributed by atoms with Crippen molar-refractivity contribution >= 4 is 33.2 Å². The van der Waals surface area contributed by atoms with E-state index in [1.165, 1.54) is 23.4 Å². The van der Waals surface area contributed by atoms with E-state index in [9.17, 15) is 13.2 Å². The molecule has 1 aliphatic rings. The van der Waals surface area contributed by atoms with E-state index in [0.29, 0.717) is 36.9 Å². The standard InChI is InChI=1S/C13H17ClN2O4S/c1-9-7-13(12(8-11(9)14)15-10(2)17)21(18,19)16-3-5-20-6-4-16/h7-8H,3-6H2,1-2H3,(H,15,17). The minimum atomic E-state index is -3.70. The second-order valence-electron chi connectivity index (χ2n) is 4.80. The van der Waals surface area contributed by atoms with E-state index in [4.69, 9.17) is 16.3 Å². The number of hydrogen-bond acceptors (Lipinski definition) is 4. The lowest BCUT2D eigenvalue weighted by atomic mass is 10.2. The molecule has 1 aliphatic heterocycles. The lowest BCUT2D eigenvalue weighted by Crippen LogP contribution is -2.40. The number of nitrogens with zero attached hydrogens (tertiary/aromatic N) is 1. The predicted molar refractivity (Wildman–Crippen MR) is 80.1 cm³/mol. The number of carbonyl (C=O) groups excluding carboxylic acids is 1. The highest BCUT2D eigenvalue weighted by atomic mass is 35.5. The number of carbonyl (C=O) groups is 1. The second-order valence-corrected chi connectivity index (χ2v) is 7.11. The van der Waals surface area contributed by atoms with Crippen LogP contribution < -0.4 is 5.32 Å². The second kappa shape index (κ2) is 6.31. The van der Waals surface area contributed by atoms with Gasteiger partial charge in [-0.25, -0.2) is 8.42 Å². The molecule has 2 rings (SSSR count). The van der Waals surface area contributed by atoms with Gasteiger partial charge in [-0.05, 0) is 24.6 Å². The van der Waals surface area contributed by atoms with E-state index in [2.05, 4.69) is 5.32 Å². The Kier molecular flexibility index (Phi) is 4.88. The average Bonchev–Trinajstić information content (AvgIpc) is 2.43. The smallest absolute Gasteiger partial charge is 0.245 e. The Morgan fingerprint density at radius 2 is 1.95 bits per heavy atom. The number of nitrogens with one attached hydrogen (secondary N) is 1. The van der Waals surface area contributed by atoms with Crippen LogP contribution in [0.25, 0.3) is 0 Å². The third-order valence-electron chi connectivity index (χ3n) is 3.16. The van der Waals surface area contributed by atoms with Gasteiger partial charge in [0.05, 0.1) is 18.9 Å². The highest BCUT2D eigenvalue weighted by Gasteiger charge is 2.29.